The van der Waals surface area contributed by atoms with Gasteiger partial charge in [-0.3, -0.25) is 18.6 Å². The van der Waals surface area contributed by atoms with Crippen molar-refractivity contribution in [1.29, 1.82) is 0 Å². The molecule has 0 aromatic rings. The van der Waals surface area contributed by atoms with E-state index in [1.54, 1.807) is 0 Å². The molecule has 9 nitrogen and oxygen atoms in total. The first-order valence-electron chi connectivity index (χ1n) is 16.0. The zero-order valence-corrected chi connectivity index (χ0v) is 26.5. The van der Waals surface area contributed by atoms with Crippen LogP contribution in [0.2, 0.25) is 0 Å². The summed E-state index contributed by atoms with van der Waals surface area (Å²) in [7, 11) is -4.35. The van der Waals surface area contributed by atoms with E-state index >= 15 is 0 Å². The van der Waals surface area contributed by atoms with E-state index in [0.29, 0.717) is 6.42 Å². The molecule has 0 aliphatic heterocycles. The van der Waals surface area contributed by atoms with Crippen LogP contribution in [-0.4, -0.2) is 49.3 Å². The number of carbonyl (C=O) groups is 2. The fraction of sp³-hybridized carbons (Fsp3) is 0.933. The minimum atomic E-state index is -4.35. The molecule has 2 atom stereocenters. The highest BCUT2D eigenvalue weighted by Crippen LogP contribution is 2.43. The Kier molecular flexibility index (Phi) is 27.4. The van der Waals surface area contributed by atoms with E-state index in [1.165, 1.54) is 83.5 Å². The number of rotatable bonds is 30. The molecule has 10 heteroatoms. The predicted octanol–water partition coefficient (Wildman–Crippen LogP) is 7.77. The Labute approximate surface area is 244 Å². The average molecular weight is 594 g/mol. The number of unbranched alkanes of at least 4 members (excludes halogenated alkanes) is 17. The summed E-state index contributed by atoms with van der Waals surface area (Å²) in [6, 6.07) is 0. The van der Waals surface area contributed by atoms with E-state index in [2.05, 4.69) is 13.8 Å². The van der Waals surface area contributed by atoms with Crippen molar-refractivity contribution < 1.29 is 37.6 Å². The van der Waals surface area contributed by atoms with Crippen molar-refractivity contribution in [2.24, 2.45) is 5.73 Å². The van der Waals surface area contributed by atoms with Crippen LogP contribution in [0.3, 0.4) is 0 Å². The molecular weight excluding hydrogens is 533 g/mol. The summed E-state index contributed by atoms with van der Waals surface area (Å²) in [4.78, 5) is 34.3. The number of nitrogens with two attached hydrogens (primary N) is 1. The van der Waals surface area contributed by atoms with Gasteiger partial charge in [-0.25, -0.2) is 4.57 Å². The lowest BCUT2D eigenvalue weighted by Gasteiger charge is -2.19. The van der Waals surface area contributed by atoms with E-state index in [4.69, 9.17) is 24.3 Å². The van der Waals surface area contributed by atoms with Crippen LogP contribution in [0.4, 0.5) is 0 Å². The molecule has 0 aromatic heterocycles. The highest BCUT2D eigenvalue weighted by Gasteiger charge is 2.25. The Bertz CT molecular complexity index is 649. The van der Waals surface area contributed by atoms with Crippen molar-refractivity contribution >= 4 is 19.8 Å². The number of phosphoric ester groups is 1. The topological polar surface area (TPSA) is 134 Å². The van der Waals surface area contributed by atoms with Crippen molar-refractivity contribution in [2.75, 3.05) is 26.4 Å². The molecule has 0 aliphatic carbocycles. The summed E-state index contributed by atoms with van der Waals surface area (Å²) in [6.07, 6.45) is 21.5. The monoisotopic (exact) mass is 593 g/mol. The van der Waals surface area contributed by atoms with Gasteiger partial charge in [0.25, 0.3) is 0 Å². The van der Waals surface area contributed by atoms with Gasteiger partial charge in [0.15, 0.2) is 6.10 Å². The molecule has 0 aromatic carbocycles. The second-order valence-corrected chi connectivity index (χ2v) is 12.1. The Morgan fingerprint density at radius 2 is 1.07 bits per heavy atom. The van der Waals surface area contributed by atoms with E-state index in [-0.39, 0.29) is 38.6 Å². The van der Waals surface area contributed by atoms with Crippen LogP contribution in [0.25, 0.3) is 0 Å². The summed E-state index contributed by atoms with van der Waals surface area (Å²) in [5.74, 6) is -0.832. The normalized spacial score (nSPS) is 13.6. The maximum absolute atomic E-state index is 12.4. The molecule has 0 aliphatic rings. The lowest BCUT2D eigenvalue weighted by molar-refractivity contribution is -0.161. The third-order valence-corrected chi connectivity index (χ3v) is 7.73. The first-order chi connectivity index (χ1) is 19.3. The molecule has 0 rings (SSSR count). The molecule has 0 bridgehead atoms. The molecule has 238 valence electrons. The third-order valence-electron chi connectivity index (χ3n) is 6.74. The Balaban J connectivity index is 4.28. The molecule has 0 spiro atoms. The molecule has 2 unspecified atom stereocenters. The lowest BCUT2D eigenvalue weighted by atomic mass is 10.0. The van der Waals surface area contributed by atoms with Gasteiger partial charge in [0.1, 0.15) is 6.61 Å². The number of phosphoric acid groups is 1. The SMILES string of the molecule is CCCCCCCCCCCCCCC(=O)OC(COC(=O)CCCCCCCCC)COP(=O)(O)OCCN. The van der Waals surface area contributed by atoms with Gasteiger partial charge in [0.05, 0.1) is 13.2 Å². The predicted molar refractivity (Wildman–Crippen MR) is 160 cm³/mol. The molecule has 0 fully saturated rings. The number of hydrogen-bond acceptors (Lipinski definition) is 8. The number of carbonyl (C=O) groups excluding carboxylic acids is 2. The molecular formula is C30H60NO8P. The van der Waals surface area contributed by atoms with Gasteiger partial charge < -0.3 is 20.1 Å². The molecule has 0 saturated carbocycles. The zero-order valence-electron chi connectivity index (χ0n) is 25.6. The second kappa shape index (κ2) is 28.1. The summed E-state index contributed by atoms with van der Waals surface area (Å²) >= 11 is 0. The van der Waals surface area contributed by atoms with Crippen LogP contribution in [0.5, 0.6) is 0 Å². The maximum Gasteiger partial charge on any atom is 0.472 e. The van der Waals surface area contributed by atoms with Crippen molar-refractivity contribution in [1.82, 2.24) is 0 Å². The molecule has 0 saturated heterocycles. The van der Waals surface area contributed by atoms with Crippen molar-refractivity contribution in [3.63, 3.8) is 0 Å². The van der Waals surface area contributed by atoms with Crippen LogP contribution in [-0.2, 0) is 32.7 Å². The minimum Gasteiger partial charge on any atom is -0.462 e. The average Bonchev–Trinajstić information content (AvgIpc) is 2.93. The van der Waals surface area contributed by atoms with Gasteiger partial charge in [-0.15, -0.1) is 0 Å². The minimum absolute atomic E-state index is 0.0571. The van der Waals surface area contributed by atoms with E-state index in [9.17, 15) is 19.0 Å². The van der Waals surface area contributed by atoms with Crippen LogP contribution in [0, 0.1) is 0 Å². The Morgan fingerprint density at radius 3 is 1.52 bits per heavy atom. The zero-order chi connectivity index (χ0) is 29.7. The first-order valence-corrected chi connectivity index (χ1v) is 17.5. The van der Waals surface area contributed by atoms with Gasteiger partial charge in [-0.05, 0) is 12.8 Å². The Hall–Kier alpha value is -0.990. The summed E-state index contributed by atoms with van der Waals surface area (Å²) in [6.45, 7) is 3.66. The molecule has 0 radical (unpaired) electrons. The fourth-order valence-electron chi connectivity index (χ4n) is 4.34. The van der Waals surface area contributed by atoms with Crippen LogP contribution >= 0.6 is 7.82 Å². The van der Waals surface area contributed by atoms with Crippen LogP contribution in [0.15, 0.2) is 0 Å². The van der Waals surface area contributed by atoms with Crippen molar-refractivity contribution in [3.05, 3.63) is 0 Å². The number of esters is 2. The largest absolute Gasteiger partial charge is 0.472 e. The highest BCUT2D eigenvalue weighted by molar-refractivity contribution is 7.47. The first kappa shape index (κ1) is 39.0. The summed E-state index contributed by atoms with van der Waals surface area (Å²) in [5.41, 5.74) is 5.30. The van der Waals surface area contributed by atoms with Gasteiger partial charge in [0.2, 0.25) is 0 Å². The van der Waals surface area contributed by atoms with Crippen molar-refractivity contribution in [3.8, 4) is 0 Å². The van der Waals surface area contributed by atoms with Crippen LogP contribution < -0.4 is 5.73 Å². The molecule has 40 heavy (non-hydrogen) atoms. The van der Waals surface area contributed by atoms with Gasteiger partial charge in [-0.1, -0.05) is 123 Å². The smallest absolute Gasteiger partial charge is 0.462 e. The molecule has 0 amide bonds. The Morgan fingerprint density at radius 1 is 0.650 bits per heavy atom. The molecule has 0 heterocycles. The standard InChI is InChI=1S/C30H60NO8P/c1-3-5-7-9-11-12-13-14-15-17-19-21-23-30(33)39-28(27-38-40(34,35)37-25-24-31)26-36-29(32)22-20-18-16-10-8-6-4-2/h28H,3-27,31H2,1-2H3,(H,34,35). The fourth-order valence-corrected chi connectivity index (χ4v) is 5.10. The lowest BCUT2D eigenvalue weighted by Crippen LogP contribution is -2.29. The number of hydrogen-bond donors (Lipinski definition) is 2. The molecule has 3 N–H and O–H groups in total. The quantitative estimate of drug-likeness (QED) is 0.0486. The van der Waals surface area contributed by atoms with E-state index in [1.807, 2.05) is 0 Å². The van der Waals surface area contributed by atoms with Gasteiger partial charge in [0, 0.05) is 19.4 Å². The number of ether oxygens (including phenoxy) is 2. The van der Waals surface area contributed by atoms with Crippen LogP contribution in [0.1, 0.15) is 149 Å². The van der Waals surface area contributed by atoms with E-state index < -0.39 is 26.5 Å². The van der Waals surface area contributed by atoms with Gasteiger partial charge >= 0.3 is 19.8 Å². The highest BCUT2D eigenvalue weighted by atomic mass is 31.2. The third kappa shape index (κ3) is 27.2. The van der Waals surface area contributed by atoms with Gasteiger partial charge in [-0.2, -0.15) is 0 Å². The maximum atomic E-state index is 12.4. The summed E-state index contributed by atoms with van der Waals surface area (Å²) in [5, 5.41) is 0. The van der Waals surface area contributed by atoms with E-state index in [0.717, 1.165) is 32.1 Å². The van der Waals surface area contributed by atoms with Crippen molar-refractivity contribution in [2.45, 2.75) is 155 Å². The second-order valence-electron chi connectivity index (χ2n) is 10.7. The summed E-state index contributed by atoms with van der Waals surface area (Å²) < 4.78 is 32.4.